The van der Waals surface area contributed by atoms with E-state index in [1.54, 1.807) is 19.2 Å². The molecular formula is C25H22FN3O5S. The number of hydrogen-bond acceptors (Lipinski definition) is 6. The number of nitrogens with one attached hydrogen (secondary N) is 1. The van der Waals surface area contributed by atoms with E-state index >= 15 is 0 Å². The van der Waals surface area contributed by atoms with Crippen LogP contribution in [0.5, 0.6) is 5.75 Å². The summed E-state index contributed by atoms with van der Waals surface area (Å²) in [5.41, 5.74) is 0.0199. The van der Waals surface area contributed by atoms with E-state index in [2.05, 4.69) is 5.32 Å². The zero-order chi connectivity index (χ0) is 25.1. The predicted molar refractivity (Wildman–Crippen MR) is 131 cm³/mol. The molecule has 180 valence electrons. The maximum Gasteiger partial charge on any atom is 0.331 e. The number of nitrogens with zero attached hydrogens (tertiary/aromatic N) is 2. The molecule has 4 aromatic rings. The van der Waals surface area contributed by atoms with Crippen molar-refractivity contribution in [3.63, 3.8) is 0 Å². The third-order valence-electron chi connectivity index (χ3n) is 5.58. The smallest absolute Gasteiger partial charge is 0.331 e. The van der Waals surface area contributed by atoms with Crippen LogP contribution in [0.4, 0.5) is 4.39 Å². The first kappa shape index (κ1) is 24.1. The highest BCUT2D eigenvalue weighted by molar-refractivity contribution is 7.20. The molecule has 1 amide bonds. The van der Waals surface area contributed by atoms with Crippen LogP contribution in [-0.2, 0) is 20.1 Å². The summed E-state index contributed by atoms with van der Waals surface area (Å²) in [5, 5.41) is 3.03. The van der Waals surface area contributed by atoms with Crippen molar-refractivity contribution in [3.05, 3.63) is 97.3 Å². The lowest BCUT2D eigenvalue weighted by atomic mass is 10.1. The summed E-state index contributed by atoms with van der Waals surface area (Å²) in [7, 11) is 3.08. The minimum Gasteiger partial charge on any atom is -0.497 e. The highest BCUT2D eigenvalue weighted by Gasteiger charge is 2.18. The molecule has 8 nitrogen and oxygen atoms in total. The van der Waals surface area contributed by atoms with Crippen LogP contribution in [0.25, 0.3) is 10.2 Å². The average molecular weight is 496 g/mol. The molecule has 0 aliphatic heterocycles. The number of amides is 1. The number of rotatable bonds is 8. The molecule has 2 aromatic heterocycles. The number of carbonyl (C=O) groups is 2. The van der Waals surface area contributed by atoms with Crippen molar-refractivity contribution in [2.75, 3.05) is 7.11 Å². The van der Waals surface area contributed by atoms with Crippen molar-refractivity contribution < 1.29 is 18.7 Å². The molecule has 2 aromatic carbocycles. The largest absolute Gasteiger partial charge is 0.497 e. The van der Waals surface area contributed by atoms with E-state index in [0.717, 1.165) is 21.5 Å². The fourth-order valence-electron chi connectivity index (χ4n) is 3.60. The van der Waals surface area contributed by atoms with Gasteiger partial charge in [0.2, 0.25) is 0 Å². The molecule has 0 aliphatic rings. The van der Waals surface area contributed by atoms with Crippen molar-refractivity contribution in [2.24, 2.45) is 7.05 Å². The van der Waals surface area contributed by atoms with Crippen molar-refractivity contribution in [1.29, 1.82) is 0 Å². The molecule has 0 aliphatic carbocycles. The lowest BCUT2D eigenvalue weighted by Gasteiger charge is -2.08. The Morgan fingerprint density at radius 3 is 2.40 bits per heavy atom. The number of methoxy groups -OCH3 is 1. The summed E-state index contributed by atoms with van der Waals surface area (Å²) >= 11 is 1.05. The molecule has 0 bridgehead atoms. The van der Waals surface area contributed by atoms with E-state index in [1.807, 2.05) is 12.1 Å². The quantitative estimate of drug-likeness (QED) is 0.379. The first-order valence-corrected chi connectivity index (χ1v) is 11.5. The van der Waals surface area contributed by atoms with E-state index in [-0.39, 0.29) is 36.6 Å². The van der Waals surface area contributed by atoms with Crippen molar-refractivity contribution >= 4 is 33.2 Å². The predicted octanol–water partition coefficient (Wildman–Crippen LogP) is 3.11. The van der Waals surface area contributed by atoms with Gasteiger partial charge in [-0.3, -0.25) is 23.5 Å². The molecule has 1 N–H and O–H groups in total. The molecule has 0 radical (unpaired) electrons. The zero-order valence-corrected chi connectivity index (χ0v) is 19.9. The van der Waals surface area contributed by atoms with Crippen LogP contribution in [0.2, 0.25) is 0 Å². The maximum atomic E-state index is 13.1. The molecule has 0 fully saturated rings. The zero-order valence-electron chi connectivity index (χ0n) is 19.0. The van der Waals surface area contributed by atoms with Gasteiger partial charge in [0, 0.05) is 32.1 Å². The Kier molecular flexibility index (Phi) is 6.92. The van der Waals surface area contributed by atoms with Crippen LogP contribution in [0.15, 0.2) is 64.2 Å². The molecule has 2 heterocycles. The van der Waals surface area contributed by atoms with Gasteiger partial charge in [-0.2, -0.15) is 0 Å². The summed E-state index contributed by atoms with van der Waals surface area (Å²) in [6.07, 6.45) is -0.106. The maximum absolute atomic E-state index is 13.1. The fraction of sp³-hybridized carbons (Fsp3) is 0.200. The van der Waals surface area contributed by atoms with Crippen LogP contribution in [0.3, 0.4) is 0 Å². The Bertz CT molecular complexity index is 1520. The number of hydrogen-bond donors (Lipinski definition) is 1. The molecule has 0 atom stereocenters. The van der Waals surface area contributed by atoms with Crippen LogP contribution in [0.1, 0.15) is 32.0 Å². The minimum atomic E-state index is -0.582. The van der Waals surface area contributed by atoms with Crippen LogP contribution >= 0.6 is 11.3 Å². The first-order valence-electron chi connectivity index (χ1n) is 10.7. The second-order valence-electron chi connectivity index (χ2n) is 7.84. The monoisotopic (exact) mass is 495 g/mol. The van der Waals surface area contributed by atoms with E-state index in [1.165, 1.54) is 41.9 Å². The van der Waals surface area contributed by atoms with Crippen molar-refractivity contribution in [2.45, 2.75) is 19.5 Å². The number of aromatic nitrogens is 2. The molecule has 0 unspecified atom stereocenters. The number of fused-ring (bicyclic) bond motifs is 1. The number of aryl methyl sites for hydroxylation is 1. The number of halogens is 1. The van der Waals surface area contributed by atoms with Crippen molar-refractivity contribution in [3.8, 4) is 5.75 Å². The molecule has 35 heavy (non-hydrogen) atoms. The summed E-state index contributed by atoms with van der Waals surface area (Å²) in [4.78, 5) is 51.6. The summed E-state index contributed by atoms with van der Waals surface area (Å²) < 4.78 is 20.5. The Morgan fingerprint density at radius 2 is 1.74 bits per heavy atom. The summed E-state index contributed by atoms with van der Waals surface area (Å²) in [6.45, 7) is 0.151. The molecule has 0 saturated heterocycles. The number of carbonyl (C=O) groups excluding carboxylic acids is 2. The van der Waals surface area contributed by atoms with Crippen molar-refractivity contribution in [1.82, 2.24) is 14.5 Å². The number of ether oxygens (including phenoxy) is 1. The van der Waals surface area contributed by atoms with Gasteiger partial charge in [-0.15, -0.1) is 11.3 Å². The Labute approximate surface area is 203 Å². The van der Waals surface area contributed by atoms with Gasteiger partial charge in [-0.1, -0.05) is 12.1 Å². The topological polar surface area (TPSA) is 99.4 Å². The van der Waals surface area contributed by atoms with Crippen LogP contribution in [0, 0.1) is 5.82 Å². The second-order valence-corrected chi connectivity index (χ2v) is 8.87. The third-order valence-corrected chi connectivity index (χ3v) is 6.79. The Morgan fingerprint density at radius 1 is 1.06 bits per heavy atom. The SMILES string of the molecule is COc1ccc(CNC(=O)c2cc3c(=O)n(CCC(=O)c4ccc(F)cc4)c(=O)n(C)c3s2)cc1. The first-order chi connectivity index (χ1) is 16.8. The van der Waals surface area contributed by atoms with Crippen LogP contribution < -0.4 is 21.3 Å². The molecule has 10 heteroatoms. The standard InChI is InChI=1S/C25H22FN3O5S/c1-28-24-19(13-21(35-24)22(31)27-14-15-3-9-18(34-2)10-4-15)23(32)29(25(28)33)12-11-20(30)16-5-7-17(26)8-6-16/h3-10,13H,11-12,14H2,1-2H3,(H,27,31). The summed E-state index contributed by atoms with van der Waals surface area (Å²) in [5.74, 6) is -0.436. The van der Waals surface area contributed by atoms with Gasteiger partial charge in [-0.05, 0) is 48.0 Å². The van der Waals surface area contributed by atoms with E-state index < -0.39 is 17.1 Å². The van der Waals surface area contributed by atoms with Gasteiger partial charge in [-0.25, -0.2) is 9.18 Å². The average Bonchev–Trinajstić information content (AvgIpc) is 3.33. The highest BCUT2D eigenvalue weighted by atomic mass is 32.1. The highest BCUT2D eigenvalue weighted by Crippen LogP contribution is 2.22. The molecule has 0 saturated carbocycles. The Balaban J connectivity index is 1.53. The number of Topliss-reactive ketones (excluding diaryl/α,β-unsaturated/α-hetero) is 1. The van der Waals surface area contributed by atoms with E-state index in [0.29, 0.717) is 21.0 Å². The normalized spacial score (nSPS) is 10.9. The Hall–Kier alpha value is -4.05. The number of benzene rings is 2. The van der Waals surface area contributed by atoms with E-state index in [9.17, 15) is 23.6 Å². The third kappa shape index (κ3) is 5.07. The lowest BCUT2D eigenvalue weighted by Crippen LogP contribution is -2.39. The van der Waals surface area contributed by atoms with Crippen LogP contribution in [-0.4, -0.2) is 27.9 Å². The number of thiophene rings is 1. The van der Waals surface area contributed by atoms with E-state index in [4.69, 9.17) is 4.74 Å². The van der Waals surface area contributed by atoms with Gasteiger partial charge in [0.25, 0.3) is 11.5 Å². The lowest BCUT2D eigenvalue weighted by molar-refractivity contribution is 0.0952. The van der Waals surface area contributed by atoms with Gasteiger partial charge in [0.1, 0.15) is 16.4 Å². The summed E-state index contributed by atoms with van der Waals surface area (Å²) in [6, 6.07) is 13.8. The fourth-order valence-corrected chi connectivity index (χ4v) is 4.62. The van der Waals surface area contributed by atoms with Gasteiger partial charge in [0.05, 0.1) is 17.4 Å². The van der Waals surface area contributed by atoms with Gasteiger partial charge >= 0.3 is 5.69 Å². The molecular weight excluding hydrogens is 473 g/mol. The van der Waals surface area contributed by atoms with Gasteiger partial charge in [0.15, 0.2) is 5.78 Å². The molecule has 0 spiro atoms. The minimum absolute atomic E-state index is 0.106. The molecule has 4 rings (SSSR count). The second kappa shape index (κ2) is 10.1. The number of ketones is 1. The van der Waals surface area contributed by atoms with Gasteiger partial charge < -0.3 is 10.1 Å².